The molecule has 0 aromatic heterocycles. The molecule has 0 aliphatic heterocycles. The molecule has 8 heteroatoms. The van der Waals surface area contributed by atoms with Gasteiger partial charge in [-0.05, 0) is 37.3 Å². The first kappa shape index (κ1) is 18.3. The lowest BCUT2D eigenvalue weighted by molar-refractivity contribution is -0.136. The fourth-order valence-corrected chi connectivity index (χ4v) is 2.05. The van der Waals surface area contributed by atoms with E-state index in [-0.39, 0.29) is 5.75 Å². The minimum absolute atomic E-state index is 0.0579. The number of nitrogens with zero attached hydrogens (tertiary/aromatic N) is 1. The van der Waals surface area contributed by atoms with Crippen LogP contribution in [0.15, 0.2) is 47.6 Å². The lowest BCUT2D eigenvalue weighted by atomic mass is 10.2. The molecule has 2 aromatic carbocycles. The maximum atomic E-state index is 11.9. The van der Waals surface area contributed by atoms with Gasteiger partial charge in [0.15, 0.2) is 0 Å². The van der Waals surface area contributed by atoms with E-state index in [1.54, 1.807) is 24.3 Å². The maximum Gasteiger partial charge on any atom is 0.329 e. The van der Waals surface area contributed by atoms with Crippen LogP contribution in [0.1, 0.15) is 12.5 Å². The molecule has 2 rings (SSSR count). The van der Waals surface area contributed by atoms with Gasteiger partial charge in [0.1, 0.15) is 11.5 Å². The Labute approximate surface area is 149 Å². The maximum absolute atomic E-state index is 11.9. The average molecular weight is 362 g/mol. The van der Waals surface area contributed by atoms with Gasteiger partial charge in [-0.15, -0.1) is 0 Å². The number of anilines is 1. The van der Waals surface area contributed by atoms with Crippen LogP contribution < -0.4 is 15.5 Å². The number of carbonyl (C=O) groups is 2. The first-order valence-corrected chi connectivity index (χ1v) is 7.73. The number of para-hydroxylation sites is 2. The van der Waals surface area contributed by atoms with Crippen LogP contribution in [0.2, 0.25) is 5.02 Å². The van der Waals surface area contributed by atoms with Gasteiger partial charge in [0.2, 0.25) is 0 Å². The molecule has 2 aromatic rings. The van der Waals surface area contributed by atoms with Gasteiger partial charge in [-0.2, -0.15) is 5.10 Å². The van der Waals surface area contributed by atoms with Crippen LogP contribution in [0.4, 0.5) is 5.69 Å². The van der Waals surface area contributed by atoms with Crippen molar-refractivity contribution in [2.24, 2.45) is 5.10 Å². The van der Waals surface area contributed by atoms with Crippen LogP contribution in [-0.2, 0) is 9.59 Å². The summed E-state index contributed by atoms with van der Waals surface area (Å²) < 4.78 is 5.36. The van der Waals surface area contributed by atoms with E-state index in [1.165, 1.54) is 24.4 Å². The minimum Gasteiger partial charge on any atom is -0.507 e. The van der Waals surface area contributed by atoms with E-state index in [2.05, 4.69) is 15.8 Å². The monoisotopic (exact) mass is 361 g/mol. The van der Waals surface area contributed by atoms with E-state index in [4.69, 9.17) is 16.3 Å². The number of hydrogen-bond acceptors (Lipinski definition) is 5. The van der Waals surface area contributed by atoms with Gasteiger partial charge in [0.05, 0.1) is 18.5 Å². The van der Waals surface area contributed by atoms with Crippen LogP contribution in [0, 0.1) is 0 Å². The smallest absolute Gasteiger partial charge is 0.329 e. The summed E-state index contributed by atoms with van der Waals surface area (Å²) in [6.45, 7) is 2.23. The van der Waals surface area contributed by atoms with Crippen molar-refractivity contribution in [1.82, 2.24) is 5.43 Å². The Balaban J connectivity index is 1.98. The molecular weight excluding hydrogens is 346 g/mol. The Hall–Kier alpha value is -3.06. The van der Waals surface area contributed by atoms with Crippen molar-refractivity contribution in [3.63, 3.8) is 0 Å². The molecule has 130 valence electrons. The zero-order valence-corrected chi connectivity index (χ0v) is 14.1. The number of phenolic OH excluding ortho intramolecular Hbond substituents is 1. The Bertz CT molecular complexity index is 808. The standard InChI is InChI=1S/C17H16ClN3O4/c1-2-25-15-6-4-3-5-13(15)20-16(23)17(24)21-19-10-11-9-12(18)7-8-14(11)22/h3-10,22H,2H2,1H3,(H,20,23)(H,21,24)/b19-10-. The van der Waals surface area contributed by atoms with Crippen molar-refractivity contribution in [2.75, 3.05) is 11.9 Å². The molecule has 0 fully saturated rings. The van der Waals surface area contributed by atoms with Gasteiger partial charge in [0.25, 0.3) is 0 Å². The number of hydrogen-bond donors (Lipinski definition) is 3. The number of carbonyl (C=O) groups excluding carboxylic acids is 2. The minimum atomic E-state index is -0.968. The van der Waals surface area contributed by atoms with Gasteiger partial charge in [0, 0.05) is 10.6 Å². The van der Waals surface area contributed by atoms with E-state index in [0.717, 1.165) is 0 Å². The number of hydrazone groups is 1. The van der Waals surface area contributed by atoms with Crippen molar-refractivity contribution >= 4 is 35.3 Å². The highest BCUT2D eigenvalue weighted by Crippen LogP contribution is 2.23. The zero-order valence-electron chi connectivity index (χ0n) is 13.3. The van der Waals surface area contributed by atoms with Gasteiger partial charge < -0.3 is 15.2 Å². The summed E-state index contributed by atoms with van der Waals surface area (Å²) in [5.41, 5.74) is 2.75. The molecule has 0 saturated heterocycles. The van der Waals surface area contributed by atoms with E-state index in [1.807, 2.05) is 6.92 Å². The van der Waals surface area contributed by atoms with Crippen molar-refractivity contribution in [2.45, 2.75) is 6.92 Å². The van der Waals surface area contributed by atoms with Gasteiger partial charge in [-0.1, -0.05) is 23.7 Å². The molecule has 3 N–H and O–H groups in total. The number of nitrogens with one attached hydrogen (secondary N) is 2. The fraction of sp³-hybridized carbons (Fsp3) is 0.118. The zero-order chi connectivity index (χ0) is 18.2. The second kappa shape index (κ2) is 8.70. The quantitative estimate of drug-likeness (QED) is 0.433. The van der Waals surface area contributed by atoms with Gasteiger partial charge in [-0.3, -0.25) is 9.59 Å². The van der Waals surface area contributed by atoms with E-state index < -0.39 is 11.8 Å². The van der Waals surface area contributed by atoms with E-state index in [9.17, 15) is 14.7 Å². The first-order chi connectivity index (χ1) is 12.0. The van der Waals surface area contributed by atoms with Crippen molar-refractivity contribution in [3.8, 4) is 11.5 Å². The van der Waals surface area contributed by atoms with Crippen molar-refractivity contribution < 1.29 is 19.4 Å². The highest BCUT2D eigenvalue weighted by molar-refractivity contribution is 6.39. The molecule has 0 radical (unpaired) electrons. The van der Waals surface area contributed by atoms with Crippen LogP contribution in [0.5, 0.6) is 11.5 Å². The van der Waals surface area contributed by atoms with Gasteiger partial charge >= 0.3 is 11.8 Å². The summed E-state index contributed by atoms with van der Waals surface area (Å²) in [6, 6.07) is 11.1. The molecule has 0 bridgehead atoms. The molecule has 0 atom stereocenters. The SMILES string of the molecule is CCOc1ccccc1NC(=O)C(=O)N/N=C\c1cc(Cl)ccc1O. The summed E-state index contributed by atoms with van der Waals surface area (Å²) in [6.07, 6.45) is 1.18. The van der Waals surface area contributed by atoms with E-state index in [0.29, 0.717) is 28.6 Å². The Morgan fingerprint density at radius 1 is 1.24 bits per heavy atom. The Morgan fingerprint density at radius 2 is 2.00 bits per heavy atom. The van der Waals surface area contributed by atoms with Crippen molar-refractivity contribution in [3.05, 3.63) is 53.1 Å². The topological polar surface area (TPSA) is 100 Å². The molecule has 7 nitrogen and oxygen atoms in total. The summed E-state index contributed by atoms with van der Waals surface area (Å²) in [5, 5.41) is 16.1. The van der Waals surface area contributed by atoms with Crippen LogP contribution >= 0.6 is 11.6 Å². The van der Waals surface area contributed by atoms with Crippen LogP contribution in [0.25, 0.3) is 0 Å². The normalized spacial score (nSPS) is 10.5. The molecule has 2 amide bonds. The lowest BCUT2D eigenvalue weighted by Gasteiger charge is -2.10. The highest BCUT2D eigenvalue weighted by Gasteiger charge is 2.15. The number of amides is 2. The fourth-order valence-electron chi connectivity index (χ4n) is 1.87. The lowest BCUT2D eigenvalue weighted by Crippen LogP contribution is -2.32. The third kappa shape index (κ3) is 5.22. The number of rotatable bonds is 5. The number of halogens is 1. The Morgan fingerprint density at radius 3 is 2.76 bits per heavy atom. The number of aromatic hydroxyl groups is 1. The largest absolute Gasteiger partial charge is 0.507 e. The molecule has 0 aliphatic rings. The second-order valence-electron chi connectivity index (χ2n) is 4.79. The number of ether oxygens (including phenoxy) is 1. The summed E-state index contributed by atoms with van der Waals surface area (Å²) in [7, 11) is 0. The Kier molecular flexibility index (Phi) is 6.36. The van der Waals surface area contributed by atoms with Crippen molar-refractivity contribution in [1.29, 1.82) is 0 Å². The summed E-state index contributed by atoms with van der Waals surface area (Å²) >= 11 is 5.80. The summed E-state index contributed by atoms with van der Waals surface area (Å²) in [4.78, 5) is 23.7. The molecule has 25 heavy (non-hydrogen) atoms. The first-order valence-electron chi connectivity index (χ1n) is 7.36. The number of benzene rings is 2. The van der Waals surface area contributed by atoms with E-state index >= 15 is 0 Å². The predicted molar refractivity (Wildman–Crippen MR) is 95.1 cm³/mol. The average Bonchev–Trinajstić information content (AvgIpc) is 2.59. The molecule has 0 aliphatic carbocycles. The predicted octanol–water partition coefficient (Wildman–Crippen LogP) is 2.53. The highest BCUT2D eigenvalue weighted by atomic mass is 35.5. The third-order valence-electron chi connectivity index (χ3n) is 3.00. The molecule has 0 spiro atoms. The van der Waals surface area contributed by atoms with Gasteiger partial charge in [-0.25, -0.2) is 5.43 Å². The molecule has 0 heterocycles. The van der Waals surface area contributed by atoms with Crippen LogP contribution in [-0.4, -0.2) is 29.7 Å². The number of phenols is 1. The third-order valence-corrected chi connectivity index (χ3v) is 3.24. The van der Waals surface area contributed by atoms with Crippen LogP contribution in [0.3, 0.4) is 0 Å². The summed E-state index contributed by atoms with van der Waals surface area (Å²) in [5.74, 6) is -1.47. The molecular formula is C17H16ClN3O4. The molecule has 0 unspecified atom stereocenters. The second-order valence-corrected chi connectivity index (χ2v) is 5.22. The molecule has 0 saturated carbocycles.